The first-order chi connectivity index (χ1) is 9.03. The molecular weight excluding hydrogens is 253 g/mol. The molecule has 0 aliphatic heterocycles. The lowest BCUT2D eigenvalue weighted by atomic mass is 10.2. The van der Waals surface area contributed by atoms with Crippen LogP contribution < -0.4 is 15.3 Å². The molecule has 3 unspecified atom stereocenters. The van der Waals surface area contributed by atoms with Gasteiger partial charge in [0.05, 0.1) is 0 Å². The van der Waals surface area contributed by atoms with Crippen LogP contribution in [0.3, 0.4) is 0 Å². The summed E-state index contributed by atoms with van der Waals surface area (Å²) < 4.78 is 0. The molecule has 0 heterocycles. The van der Waals surface area contributed by atoms with Crippen LogP contribution in [0.5, 0.6) is 0 Å². The Morgan fingerprint density at radius 1 is 0.632 bits per heavy atom. The van der Waals surface area contributed by atoms with Gasteiger partial charge in [-0.25, -0.2) is 0 Å². The molecule has 3 nitrogen and oxygen atoms in total. The first-order valence-corrected chi connectivity index (χ1v) is 9.46. The summed E-state index contributed by atoms with van der Waals surface area (Å²) in [5, 5.41) is 11.2. The Hall–Kier alpha value is 0.310. The highest BCUT2D eigenvalue weighted by atomic mass is 31.1. The van der Waals surface area contributed by atoms with Crippen LogP contribution in [-0.4, -0.2) is 18.1 Å². The minimum atomic E-state index is -0.464. The lowest BCUT2D eigenvalue weighted by Crippen LogP contribution is -2.39. The Bertz CT molecular complexity index is 169. The molecule has 19 heavy (non-hydrogen) atoms. The second-order valence-electron chi connectivity index (χ2n) is 5.79. The number of nitrogens with one attached hydrogen (secondary N) is 3. The fraction of sp³-hybridized carbons (Fsp3) is 1.00. The molecule has 0 rings (SSSR count). The lowest BCUT2D eigenvalue weighted by Gasteiger charge is -2.30. The third kappa shape index (κ3) is 10.7. The van der Waals surface area contributed by atoms with Gasteiger partial charge >= 0.3 is 0 Å². The van der Waals surface area contributed by atoms with E-state index in [4.69, 9.17) is 0 Å². The highest BCUT2D eigenvalue weighted by Crippen LogP contribution is 2.25. The van der Waals surface area contributed by atoms with E-state index in [0.29, 0.717) is 18.1 Å². The van der Waals surface area contributed by atoms with Gasteiger partial charge in [0.25, 0.3) is 0 Å². The summed E-state index contributed by atoms with van der Waals surface area (Å²) in [4.78, 5) is 0. The molecule has 0 aliphatic carbocycles. The molecule has 0 saturated carbocycles. The van der Waals surface area contributed by atoms with Crippen molar-refractivity contribution in [1.29, 1.82) is 0 Å². The van der Waals surface area contributed by atoms with Gasteiger partial charge in [0, 0.05) is 18.1 Å². The molecule has 0 fully saturated rings. The molecular formula is C15H36N3P. The fourth-order valence-corrected chi connectivity index (χ4v) is 4.20. The number of rotatable bonds is 12. The van der Waals surface area contributed by atoms with Crippen LogP contribution in [0.1, 0.15) is 80.1 Å². The van der Waals surface area contributed by atoms with Crippen LogP contribution in [-0.2, 0) is 0 Å². The van der Waals surface area contributed by atoms with Crippen LogP contribution in [0.15, 0.2) is 0 Å². The van der Waals surface area contributed by atoms with Gasteiger partial charge < -0.3 is 0 Å². The van der Waals surface area contributed by atoms with Crippen molar-refractivity contribution in [3.8, 4) is 0 Å². The van der Waals surface area contributed by atoms with E-state index in [1.807, 2.05) is 0 Å². The molecule has 0 aromatic carbocycles. The van der Waals surface area contributed by atoms with Crippen molar-refractivity contribution in [2.24, 2.45) is 0 Å². The van der Waals surface area contributed by atoms with Crippen molar-refractivity contribution in [2.45, 2.75) is 98.2 Å². The summed E-state index contributed by atoms with van der Waals surface area (Å²) in [6.45, 7) is 13.6. The van der Waals surface area contributed by atoms with E-state index in [-0.39, 0.29) is 0 Å². The maximum absolute atomic E-state index is 3.74. The van der Waals surface area contributed by atoms with E-state index in [2.05, 4.69) is 56.8 Å². The molecule has 0 radical (unpaired) electrons. The second kappa shape index (κ2) is 12.1. The summed E-state index contributed by atoms with van der Waals surface area (Å²) >= 11 is 0. The molecule has 0 aliphatic rings. The lowest BCUT2D eigenvalue weighted by molar-refractivity contribution is 0.554. The Balaban J connectivity index is 4.28. The molecule has 0 spiro atoms. The summed E-state index contributed by atoms with van der Waals surface area (Å²) in [6.07, 6.45) is 7.45. The number of hydrogen-bond acceptors (Lipinski definition) is 3. The smallest absolute Gasteiger partial charge is 0.112 e. The molecule has 3 atom stereocenters. The predicted molar refractivity (Wildman–Crippen MR) is 89.4 cm³/mol. The van der Waals surface area contributed by atoms with Crippen molar-refractivity contribution in [3.63, 3.8) is 0 Å². The Labute approximate surface area is 122 Å². The van der Waals surface area contributed by atoms with E-state index in [9.17, 15) is 0 Å². The van der Waals surface area contributed by atoms with Crippen LogP contribution in [0, 0.1) is 0 Å². The van der Waals surface area contributed by atoms with E-state index < -0.39 is 8.37 Å². The number of hydrogen-bond donors (Lipinski definition) is 3. The van der Waals surface area contributed by atoms with Crippen molar-refractivity contribution >= 4 is 8.37 Å². The Kier molecular flexibility index (Phi) is 12.3. The molecule has 116 valence electrons. The van der Waals surface area contributed by atoms with Crippen LogP contribution in [0.2, 0.25) is 0 Å². The summed E-state index contributed by atoms with van der Waals surface area (Å²) in [6, 6.07) is 1.75. The summed E-state index contributed by atoms with van der Waals surface area (Å²) in [7, 11) is -0.464. The van der Waals surface area contributed by atoms with Gasteiger partial charge in [-0.1, -0.05) is 40.0 Å². The molecule has 0 aromatic heterocycles. The minimum Gasteiger partial charge on any atom is -0.268 e. The van der Waals surface area contributed by atoms with Crippen LogP contribution in [0.25, 0.3) is 0 Å². The van der Waals surface area contributed by atoms with Crippen LogP contribution >= 0.6 is 8.37 Å². The Morgan fingerprint density at radius 3 is 1.11 bits per heavy atom. The van der Waals surface area contributed by atoms with Gasteiger partial charge in [-0.2, -0.15) is 0 Å². The topological polar surface area (TPSA) is 36.1 Å². The highest BCUT2D eigenvalue weighted by Gasteiger charge is 2.16. The quantitative estimate of drug-likeness (QED) is 0.461. The van der Waals surface area contributed by atoms with Crippen molar-refractivity contribution < 1.29 is 0 Å². The van der Waals surface area contributed by atoms with Gasteiger partial charge in [0.15, 0.2) is 0 Å². The van der Waals surface area contributed by atoms with E-state index in [0.717, 1.165) is 0 Å². The summed E-state index contributed by atoms with van der Waals surface area (Å²) in [5.74, 6) is 0. The molecule has 4 heteroatoms. The van der Waals surface area contributed by atoms with Crippen LogP contribution in [0.4, 0.5) is 0 Å². The maximum Gasteiger partial charge on any atom is 0.112 e. The third-order valence-electron chi connectivity index (χ3n) is 3.21. The first kappa shape index (κ1) is 19.3. The van der Waals surface area contributed by atoms with E-state index >= 15 is 0 Å². The SMILES string of the molecule is CCCC(C)NP(NC(C)CCC)NC(C)CCC. The largest absolute Gasteiger partial charge is 0.268 e. The summed E-state index contributed by atoms with van der Waals surface area (Å²) in [5.41, 5.74) is 0. The van der Waals surface area contributed by atoms with Gasteiger partial charge in [-0.3, -0.25) is 15.3 Å². The monoisotopic (exact) mass is 289 g/mol. The van der Waals surface area contributed by atoms with Gasteiger partial charge in [-0.15, -0.1) is 0 Å². The van der Waals surface area contributed by atoms with E-state index in [1.165, 1.54) is 38.5 Å². The maximum atomic E-state index is 3.74. The average Bonchev–Trinajstić information content (AvgIpc) is 2.29. The van der Waals surface area contributed by atoms with Crippen molar-refractivity contribution in [2.75, 3.05) is 0 Å². The molecule has 0 bridgehead atoms. The second-order valence-corrected chi connectivity index (χ2v) is 7.24. The van der Waals surface area contributed by atoms with Crippen molar-refractivity contribution in [1.82, 2.24) is 15.3 Å². The van der Waals surface area contributed by atoms with Gasteiger partial charge in [-0.05, 0) is 40.0 Å². The predicted octanol–water partition coefficient (Wildman–Crippen LogP) is 4.55. The first-order valence-electron chi connectivity index (χ1n) is 8.11. The highest BCUT2D eigenvalue weighted by molar-refractivity contribution is 7.51. The standard InChI is InChI=1S/C15H36N3P/c1-7-10-13(4)16-19(17-14(5)11-8-2)18-15(6)12-9-3/h13-18H,7-12H2,1-6H3. The van der Waals surface area contributed by atoms with Gasteiger partial charge in [0.2, 0.25) is 0 Å². The Morgan fingerprint density at radius 2 is 0.895 bits per heavy atom. The molecule has 0 saturated heterocycles. The van der Waals surface area contributed by atoms with Gasteiger partial charge in [0.1, 0.15) is 8.37 Å². The molecule has 3 N–H and O–H groups in total. The molecule has 0 aromatic rings. The fourth-order valence-electron chi connectivity index (χ4n) is 2.27. The molecule has 0 amide bonds. The third-order valence-corrected chi connectivity index (χ3v) is 5.31. The minimum absolute atomic E-state index is 0.464. The van der Waals surface area contributed by atoms with Crippen molar-refractivity contribution in [3.05, 3.63) is 0 Å². The van der Waals surface area contributed by atoms with E-state index in [1.54, 1.807) is 0 Å². The zero-order valence-electron chi connectivity index (χ0n) is 13.9. The zero-order chi connectivity index (χ0) is 14.7. The zero-order valence-corrected chi connectivity index (χ0v) is 14.8. The average molecular weight is 289 g/mol. The normalized spacial score (nSPS) is 18.0.